The Hall–Kier alpha value is -1.59. The van der Waals surface area contributed by atoms with Crippen molar-refractivity contribution in [3.05, 3.63) is 23.3 Å². The van der Waals surface area contributed by atoms with E-state index in [9.17, 15) is 6.17 Å². The zero-order valence-electron chi connectivity index (χ0n) is 17.8. The number of benzene rings is 1. The second-order valence-corrected chi connectivity index (χ2v) is 6.92. The number of rotatable bonds is 2. The summed E-state index contributed by atoms with van der Waals surface area (Å²) in [5.41, 5.74) is -1.05. The maximum Gasteiger partial charge on any atom is 0.211 e. The summed E-state index contributed by atoms with van der Waals surface area (Å²) >= 11 is 0. The summed E-state index contributed by atoms with van der Waals surface area (Å²) < 4.78 is 52.9. The number of carbonyl (C=O) groups excluding carboxylic acids is 1. The van der Waals surface area contributed by atoms with Crippen molar-refractivity contribution in [1.29, 1.82) is 1.43 Å². The van der Waals surface area contributed by atoms with Gasteiger partial charge in [0.25, 0.3) is 0 Å². The predicted octanol–water partition coefficient (Wildman–Crippen LogP) is 1.05. The summed E-state index contributed by atoms with van der Waals surface area (Å²) in [5.74, 6) is 0.847. The molecule has 5 heteroatoms. The van der Waals surface area contributed by atoms with E-state index in [-0.39, 0.29) is 38.0 Å². The number of likely N-dealkylation sites (N-methyl/N-ethyl adjacent to an activating group) is 1. The SMILES string of the molecule is [2H]O[C@@]12CCC(=O)C3Oc4c(OC)ccc5c4[C@@]31CCN(C([2H])([2H])[2H])[C@]2([2H])C5. The Bertz CT molecular complexity index is 891. The van der Waals surface area contributed by atoms with E-state index in [4.69, 9.17) is 20.1 Å². The van der Waals surface area contributed by atoms with Crippen molar-refractivity contribution in [2.45, 2.75) is 48.8 Å². The first-order valence-corrected chi connectivity index (χ1v) is 7.98. The predicted molar refractivity (Wildman–Crippen MR) is 83.0 cm³/mol. The molecule has 1 aromatic rings. The van der Waals surface area contributed by atoms with Crippen molar-refractivity contribution in [3.8, 4) is 11.5 Å². The van der Waals surface area contributed by atoms with E-state index >= 15 is 0 Å². The van der Waals surface area contributed by atoms with Gasteiger partial charge >= 0.3 is 0 Å². The molecule has 1 unspecified atom stereocenters. The molecule has 4 atom stereocenters. The fourth-order valence-electron chi connectivity index (χ4n) is 5.20. The summed E-state index contributed by atoms with van der Waals surface area (Å²) in [6.45, 7) is -2.42. The summed E-state index contributed by atoms with van der Waals surface area (Å²) in [4.78, 5) is 14.1. The molecule has 0 aromatic heterocycles. The number of hydrogen-bond donors (Lipinski definition) is 1. The molecular weight excluding hydrogens is 294 g/mol. The van der Waals surface area contributed by atoms with Crippen molar-refractivity contribution in [2.75, 3.05) is 20.6 Å². The number of likely N-dealkylation sites (tertiary alicyclic amines) is 1. The number of ether oxygens (including phenoxy) is 2. The van der Waals surface area contributed by atoms with Gasteiger partial charge in [-0.1, -0.05) is 6.07 Å². The van der Waals surface area contributed by atoms with Crippen LogP contribution in [0.15, 0.2) is 12.1 Å². The lowest BCUT2D eigenvalue weighted by molar-refractivity contribution is -0.185. The second-order valence-electron chi connectivity index (χ2n) is 6.92. The van der Waals surface area contributed by atoms with Gasteiger partial charge < -0.3 is 19.5 Å². The van der Waals surface area contributed by atoms with Crippen LogP contribution in [0.5, 0.6) is 11.5 Å². The number of carbonyl (C=O) groups is 1. The molecule has 1 N–H and O–H groups in total. The largest absolute Gasteiger partial charge is 0.493 e. The summed E-state index contributed by atoms with van der Waals surface area (Å²) in [7, 11) is 1.52. The molecule has 0 radical (unpaired) electrons. The van der Waals surface area contributed by atoms with Gasteiger partial charge in [0, 0.05) is 22.1 Å². The minimum absolute atomic E-state index is 0.0720. The monoisotopic (exact) mass is 320 g/mol. The Morgan fingerprint density at radius 1 is 1.57 bits per heavy atom. The fourth-order valence-corrected chi connectivity index (χ4v) is 5.20. The van der Waals surface area contributed by atoms with Crippen LogP contribution in [0.2, 0.25) is 0 Å². The van der Waals surface area contributed by atoms with E-state index in [1.807, 2.05) is 6.07 Å². The topological polar surface area (TPSA) is 59.0 Å². The van der Waals surface area contributed by atoms with E-state index in [1.165, 1.54) is 7.11 Å². The van der Waals surface area contributed by atoms with E-state index in [2.05, 4.69) is 0 Å². The molecule has 1 saturated heterocycles. The van der Waals surface area contributed by atoms with Gasteiger partial charge in [0.05, 0.1) is 19.5 Å². The zero-order valence-corrected chi connectivity index (χ0v) is 12.8. The maximum absolute atomic E-state index is 12.9. The molecule has 1 saturated carbocycles. The maximum atomic E-state index is 12.9. The van der Waals surface area contributed by atoms with E-state index in [0.717, 1.165) is 16.0 Å². The van der Waals surface area contributed by atoms with Crippen molar-refractivity contribution < 1.29 is 24.9 Å². The lowest BCUT2D eigenvalue weighted by atomic mass is 9.49. The standard InChI is InChI=1S/C18H21NO4/c1-19-8-7-17-14-10-3-4-12(22-2)15(14)23-16(17)11(20)5-6-18(17,21)13(19)9-10/h3-4,13,16,21H,5-9H2,1-2H3/t13-,16?,17+,18-/m1/s1/i1D3,13D,21D. The molecule has 2 aliphatic heterocycles. The molecule has 2 heterocycles. The van der Waals surface area contributed by atoms with Crippen LogP contribution < -0.4 is 9.47 Å². The first kappa shape index (κ1) is 9.64. The molecule has 2 aliphatic carbocycles. The quantitative estimate of drug-likeness (QED) is 0.883. The van der Waals surface area contributed by atoms with Gasteiger partial charge in [-0.25, -0.2) is 0 Å². The Labute approximate surface area is 142 Å². The highest BCUT2D eigenvalue weighted by Gasteiger charge is 2.72. The van der Waals surface area contributed by atoms with Crippen LogP contribution in [0.3, 0.4) is 0 Å². The van der Waals surface area contributed by atoms with Crippen LogP contribution >= 0.6 is 0 Å². The molecule has 2 bridgehead atoms. The van der Waals surface area contributed by atoms with Crippen molar-refractivity contribution in [2.24, 2.45) is 0 Å². The minimum atomic E-state index is -2.52. The molecule has 122 valence electrons. The number of aliphatic hydroxyl groups is 1. The Morgan fingerprint density at radius 3 is 3.26 bits per heavy atom. The molecule has 0 amide bonds. The van der Waals surface area contributed by atoms with Gasteiger partial charge in [-0.05, 0) is 44.4 Å². The van der Waals surface area contributed by atoms with Crippen molar-refractivity contribution >= 4 is 5.78 Å². The molecule has 4 aliphatic rings. The first-order chi connectivity index (χ1) is 13.2. The van der Waals surface area contributed by atoms with Crippen LogP contribution in [-0.4, -0.2) is 55.6 Å². The Balaban J connectivity index is 1.86. The third-order valence-electron chi connectivity index (χ3n) is 6.17. The van der Waals surface area contributed by atoms with E-state index < -0.39 is 30.1 Å². The summed E-state index contributed by atoms with van der Waals surface area (Å²) in [6, 6.07) is 1.81. The van der Waals surface area contributed by atoms with Gasteiger partial charge in [0.2, 0.25) is 1.43 Å². The second kappa shape index (κ2) is 4.08. The van der Waals surface area contributed by atoms with Crippen LogP contribution in [0.1, 0.15) is 35.9 Å². The van der Waals surface area contributed by atoms with E-state index in [1.54, 1.807) is 6.07 Å². The van der Waals surface area contributed by atoms with Gasteiger partial charge in [0.1, 0.15) is 0 Å². The van der Waals surface area contributed by atoms with Gasteiger partial charge in [-0.3, -0.25) is 4.79 Å². The van der Waals surface area contributed by atoms with Crippen LogP contribution in [-0.2, 0) is 16.6 Å². The van der Waals surface area contributed by atoms with Crippen molar-refractivity contribution in [1.82, 2.24) is 4.90 Å². The average Bonchev–Trinajstić information content (AvgIpc) is 2.97. The normalized spacial score (nSPS) is 47.4. The number of hydrogen-bond acceptors (Lipinski definition) is 5. The molecule has 5 rings (SSSR count). The first-order valence-electron chi connectivity index (χ1n) is 10.4. The highest BCUT2D eigenvalue weighted by Crippen LogP contribution is 2.64. The summed E-state index contributed by atoms with van der Waals surface area (Å²) in [6.07, 6.45) is -0.384. The van der Waals surface area contributed by atoms with E-state index in [0.29, 0.717) is 11.5 Å². The number of Topliss-reactive ketones (excluding diaryl/α,β-unsaturated/α-hetero) is 1. The molecule has 2 fully saturated rings. The summed E-state index contributed by atoms with van der Waals surface area (Å²) in [5, 5.41) is 5.35. The lowest BCUT2D eigenvalue weighted by Crippen LogP contribution is -2.76. The van der Waals surface area contributed by atoms with Gasteiger partial charge in [-0.2, -0.15) is 0 Å². The number of nitrogens with zero attached hydrogens (tertiary/aromatic N) is 1. The molecular formula is C18H21NO4. The smallest absolute Gasteiger partial charge is 0.211 e. The van der Waals surface area contributed by atoms with Gasteiger partial charge in [0.15, 0.2) is 23.4 Å². The molecule has 5 nitrogen and oxygen atoms in total. The van der Waals surface area contributed by atoms with Gasteiger partial charge in [-0.15, -0.1) is 0 Å². The van der Waals surface area contributed by atoms with Crippen LogP contribution in [0.4, 0.5) is 0 Å². The third-order valence-corrected chi connectivity index (χ3v) is 6.17. The molecule has 23 heavy (non-hydrogen) atoms. The zero-order chi connectivity index (χ0) is 20.1. The Morgan fingerprint density at radius 2 is 2.48 bits per heavy atom. The molecule has 1 aromatic carbocycles. The lowest BCUT2D eigenvalue weighted by Gasteiger charge is -2.62. The number of methoxy groups -OCH3 is 1. The Kier molecular flexibility index (Phi) is 1.71. The highest BCUT2D eigenvalue weighted by atomic mass is 16.5. The third kappa shape index (κ3) is 1.32. The number of ketones is 1. The van der Waals surface area contributed by atoms with Crippen molar-refractivity contribution in [3.63, 3.8) is 0 Å². The van der Waals surface area contributed by atoms with Crippen LogP contribution in [0.25, 0.3) is 0 Å². The fraction of sp³-hybridized carbons (Fsp3) is 0.611. The molecule has 1 spiro atoms. The minimum Gasteiger partial charge on any atom is -0.493 e. The average molecular weight is 320 g/mol. The highest BCUT2D eigenvalue weighted by molar-refractivity contribution is 5.90. The number of piperidine rings is 1. The van der Waals surface area contributed by atoms with Crippen LogP contribution in [0, 0.1) is 0 Å².